The highest BCUT2D eigenvalue weighted by molar-refractivity contribution is 7.93. The summed E-state index contributed by atoms with van der Waals surface area (Å²) in [6.45, 7) is 1.91. The first-order valence-corrected chi connectivity index (χ1v) is 11.2. The largest absolute Gasteiger partial charge is 0.516 e. The van der Waals surface area contributed by atoms with Crippen molar-refractivity contribution in [3.8, 4) is 0 Å². The fourth-order valence-corrected chi connectivity index (χ4v) is 3.91. The summed E-state index contributed by atoms with van der Waals surface area (Å²) in [7, 11) is -5.52. The number of hydrogen-bond donors (Lipinski definition) is 1. The zero-order chi connectivity index (χ0) is 23.8. The molecule has 1 aromatic heterocycles. The summed E-state index contributed by atoms with van der Waals surface area (Å²) in [6.07, 6.45) is 1.79. The van der Waals surface area contributed by atoms with Crippen LogP contribution in [0.3, 0.4) is 0 Å². The average molecular weight is 477 g/mol. The Labute approximate surface area is 187 Å². The topological polar surface area (TPSA) is 92.0 Å². The van der Waals surface area contributed by atoms with Gasteiger partial charge in [-0.15, -0.1) is 0 Å². The lowest BCUT2D eigenvalue weighted by Gasteiger charge is -2.20. The second-order valence-corrected chi connectivity index (χ2v) is 9.10. The van der Waals surface area contributed by atoms with Gasteiger partial charge in [-0.1, -0.05) is 29.8 Å². The molecule has 1 N–H and O–H groups in total. The van der Waals surface area contributed by atoms with Gasteiger partial charge in [-0.05, 0) is 48.9 Å². The number of carbonyl (C=O) groups is 1. The fourth-order valence-electron chi connectivity index (χ4n) is 3.35. The molecular formula is C22H18F3N3O4S. The van der Waals surface area contributed by atoms with E-state index in [-0.39, 0.29) is 11.6 Å². The number of nitrogens with zero attached hydrogens (tertiary/aromatic N) is 2. The SMILES string of the molecule is Cc1ccc(C(=O)N2N=C(c3ccc(NS(=O)(=O)C(F)(F)F)cc3)CC2c2ccco2)cc1. The molecule has 4 rings (SSSR count). The van der Waals surface area contributed by atoms with E-state index >= 15 is 0 Å². The number of anilines is 1. The minimum atomic E-state index is -5.52. The van der Waals surface area contributed by atoms with Crippen LogP contribution in [0.2, 0.25) is 0 Å². The quantitative estimate of drug-likeness (QED) is 0.569. The first kappa shape index (κ1) is 22.6. The van der Waals surface area contributed by atoms with E-state index in [0.717, 1.165) is 5.56 Å². The molecule has 2 aromatic carbocycles. The maximum absolute atomic E-state index is 13.1. The van der Waals surface area contributed by atoms with Crippen molar-refractivity contribution in [2.45, 2.75) is 24.9 Å². The number of benzene rings is 2. The summed E-state index contributed by atoms with van der Waals surface area (Å²) >= 11 is 0. The normalized spacial score (nSPS) is 16.5. The number of halogens is 3. The van der Waals surface area contributed by atoms with E-state index in [2.05, 4.69) is 5.10 Å². The minimum absolute atomic E-state index is 0.246. The van der Waals surface area contributed by atoms with E-state index in [9.17, 15) is 26.4 Å². The van der Waals surface area contributed by atoms with Gasteiger partial charge in [0.1, 0.15) is 11.8 Å². The molecule has 0 saturated heterocycles. The maximum atomic E-state index is 13.1. The Balaban J connectivity index is 1.61. The number of aryl methyl sites for hydroxylation is 1. The van der Waals surface area contributed by atoms with Crippen LogP contribution in [0.4, 0.5) is 18.9 Å². The number of sulfonamides is 1. The Morgan fingerprint density at radius 2 is 1.76 bits per heavy atom. The molecule has 172 valence electrons. The molecule has 1 aliphatic rings. The number of carbonyl (C=O) groups excluding carboxylic acids is 1. The molecule has 1 unspecified atom stereocenters. The number of rotatable bonds is 5. The molecule has 3 aromatic rings. The van der Waals surface area contributed by atoms with E-state index in [1.807, 2.05) is 19.1 Å². The van der Waals surface area contributed by atoms with Crippen LogP contribution in [0, 0.1) is 6.92 Å². The monoisotopic (exact) mass is 477 g/mol. The van der Waals surface area contributed by atoms with Crippen molar-refractivity contribution >= 4 is 27.3 Å². The molecule has 0 bridgehead atoms. The van der Waals surface area contributed by atoms with Crippen molar-refractivity contribution in [2.24, 2.45) is 5.10 Å². The molecule has 1 aliphatic heterocycles. The van der Waals surface area contributed by atoms with Crippen LogP contribution in [0.15, 0.2) is 76.4 Å². The molecule has 1 atom stereocenters. The smallest absolute Gasteiger partial charge is 0.467 e. The summed E-state index contributed by atoms with van der Waals surface area (Å²) in [5.74, 6) is 0.199. The number of hydrazone groups is 1. The highest BCUT2D eigenvalue weighted by Crippen LogP contribution is 2.34. The molecule has 0 saturated carbocycles. The van der Waals surface area contributed by atoms with Crippen molar-refractivity contribution < 1.29 is 30.8 Å². The molecule has 0 aliphatic carbocycles. The van der Waals surface area contributed by atoms with Gasteiger partial charge in [0.2, 0.25) is 0 Å². The molecular weight excluding hydrogens is 459 g/mol. The standard InChI is InChI=1S/C22H18F3N3O4S/c1-14-4-6-16(7-5-14)21(29)28-19(20-3-2-12-32-20)13-18(26-28)15-8-10-17(11-9-15)27-33(30,31)22(23,24)25/h2-12,19,27H,13H2,1H3. The van der Waals surface area contributed by atoms with Crippen molar-refractivity contribution in [3.63, 3.8) is 0 Å². The first-order valence-electron chi connectivity index (χ1n) is 9.76. The van der Waals surface area contributed by atoms with Gasteiger partial charge in [0, 0.05) is 17.7 Å². The van der Waals surface area contributed by atoms with Gasteiger partial charge in [-0.2, -0.15) is 26.7 Å². The Morgan fingerprint density at radius 3 is 2.33 bits per heavy atom. The Kier molecular flexibility index (Phi) is 5.75. The predicted molar refractivity (Wildman–Crippen MR) is 115 cm³/mol. The Hall–Kier alpha value is -3.60. The van der Waals surface area contributed by atoms with Gasteiger partial charge in [0.25, 0.3) is 5.91 Å². The van der Waals surface area contributed by atoms with Crippen molar-refractivity contribution in [3.05, 3.63) is 89.4 Å². The van der Waals surface area contributed by atoms with Gasteiger partial charge in [0.15, 0.2) is 0 Å². The van der Waals surface area contributed by atoms with Crippen LogP contribution in [-0.4, -0.2) is 30.6 Å². The van der Waals surface area contributed by atoms with E-state index < -0.39 is 21.6 Å². The van der Waals surface area contributed by atoms with Crippen molar-refractivity contribution in [2.75, 3.05) is 4.72 Å². The summed E-state index contributed by atoms with van der Waals surface area (Å²) in [4.78, 5) is 13.1. The first-order chi connectivity index (χ1) is 15.5. The molecule has 0 fully saturated rings. The van der Waals surface area contributed by atoms with Crippen LogP contribution in [0.25, 0.3) is 0 Å². The van der Waals surface area contributed by atoms with Gasteiger partial charge in [0.05, 0.1) is 12.0 Å². The second-order valence-electron chi connectivity index (χ2n) is 7.43. The van der Waals surface area contributed by atoms with Crippen LogP contribution in [0.1, 0.15) is 39.7 Å². The molecule has 0 radical (unpaired) electrons. The van der Waals surface area contributed by atoms with Gasteiger partial charge in [-0.25, -0.2) is 5.01 Å². The van der Waals surface area contributed by atoms with Gasteiger partial charge < -0.3 is 4.42 Å². The zero-order valence-corrected chi connectivity index (χ0v) is 18.0. The lowest BCUT2D eigenvalue weighted by atomic mass is 10.0. The van der Waals surface area contributed by atoms with Crippen molar-refractivity contribution in [1.29, 1.82) is 0 Å². The van der Waals surface area contributed by atoms with E-state index in [0.29, 0.717) is 29.0 Å². The van der Waals surface area contributed by atoms with Crippen LogP contribution in [-0.2, 0) is 10.0 Å². The Bertz CT molecular complexity index is 1280. The second kappa shape index (κ2) is 8.39. The number of amides is 1. The van der Waals surface area contributed by atoms with E-state index in [1.165, 1.54) is 40.3 Å². The lowest BCUT2D eigenvalue weighted by molar-refractivity contribution is -0.0429. The molecule has 0 spiro atoms. The van der Waals surface area contributed by atoms with Crippen LogP contribution >= 0.6 is 0 Å². The highest BCUT2D eigenvalue weighted by atomic mass is 32.2. The lowest BCUT2D eigenvalue weighted by Crippen LogP contribution is -2.29. The Morgan fingerprint density at radius 1 is 1.09 bits per heavy atom. The average Bonchev–Trinajstić information content (AvgIpc) is 3.43. The molecule has 33 heavy (non-hydrogen) atoms. The molecule has 7 nitrogen and oxygen atoms in total. The summed E-state index contributed by atoms with van der Waals surface area (Å²) in [6, 6.07) is 15.2. The van der Waals surface area contributed by atoms with Crippen molar-refractivity contribution in [1.82, 2.24) is 5.01 Å². The zero-order valence-electron chi connectivity index (χ0n) is 17.2. The summed E-state index contributed by atoms with van der Waals surface area (Å²) in [5.41, 5.74) is -3.19. The van der Waals surface area contributed by atoms with Crippen LogP contribution < -0.4 is 4.72 Å². The number of hydrogen-bond acceptors (Lipinski definition) is 5. The third-order valence-corrected chi connectivity index (χ3v) is 6.18. The highest BCUT2D eigenvalue weighted by Gasteiger charge is 2.46. The fraction of sp³-hybridized carbons (Fsp3) is 0.182. The maximum Gasteiger partial charge on any atom is 0.516 e. The van der Waals surface area contributed by atoms with E-state index in [1.54, 1.807) is 24.3 Å². The molecule has 11 heteroatoms. The predicted octanol–water partition coefficient (Wildman–Crippen LogP) is 4.84. The summed E-state index contributed by atoms with van der Waals surface area (Å²) < 4.78 is 67.3. The minimum Gasteiger partial charge on any atom is -0.467 e. The molecule has 1 amide bonds. The van der Waals surface area contributed by atoms with Crippen LogP contribution in [0.5, 0.6) is 0 Å². The van der Waals surface area contributed by atoms with E-state index in [4.69, 9.17) is 4.42 Å². The number of nitrogens with one attached hydrogen (secondary N) is 1. The molecule has 2 heterocycles. The summed E-state index contributed by atoms with van der Waals surface area (Å²) in [5, 5.41) is 5.78. The van der Waals surface area contributed by atoms with Gasteiger partial charge in [-0.3, -0.25) is 9.52 Å². The number of alkyl halides is 3. The third kappa shape index (κ3) is 4.63. The third-order valence-electron chi connectivity index (χ3n) is 5.06. The van der Waals surface area contributed by atoms with Gasteiger partial charge >= 0.3 is 15.5 Å². The number of furan rings is 1.